The van der Waals surface area contributed by atoms with Gasteiger partial charge in [-0.2, -0.15) is 4.99 Å². The fourth-order valence-corrected chi connectivity index (χ4v) is 2.20. The second-order valence-electron chi connectivity index (χ2n) is 4.35. The van der Waals surface area contributed by atoms with Crippen molar-refractivity contribution in [1.29, 1.82) is 0 Å². The number of rotatable bonds is 4. The van der Waals surface area contributed by atoms with Crippen LogP contribution in [0.3, 0.4) is 0 Å². The molecule has 0 bridgehead atoms. The molecule has 2 rings (SSSR count). The Balaban J connectivity index is 2.36. The monoisotopic (exact) mass is 263 g/mol. The van der Waals surface area contributed by atoms with Gasteiger partial charge in [-0.3, -0.25) is 0 Å². The summed E-state index contributed by atoms with van der Waals surface area (Å²) in [6.45, 7) is 2.55. The molecular weight excluding hydrogens is 246 g/mol. The minimum absolute atomic E-state index is 0.0172. The third-order valence-corrected chi connectivity index (χ3v) is 3.05. The van der Waals surface area contributed by atoms with Crippen LogP contribution in [0.1, 0.15) is 24.9 Å². The number of phenols is 1. The summed E-state index contributed by atoms with van der Waals surface area (Å²) < 4.78 is 4.99. The molecule has 1 heterocycles. The molecule has 0 fully saturated rings. The number of benzene rings is 1. The molecule has 1 unspecified atom stereocenters. The van der Waals surface area contributed by atoms with E-state index >= 15 is 0 Å². The zero-order chi connectivity index (χ0) is 14.0. The van der Waals surface area contributed by atoms with E-state index in [9.17, 15) is 9.90 Å². The van der Waals surface area contributed by atoms with Gasteiger partial charge in [0.05, 0.1) is 7.11 Å². The molecule has 19 heavy (non-hydrogen) atoms. The second kappa shape index (κ2) is 5.17. The van der Waals surface area contributed by atoms with Crippen molar-refractivity contribution in [3.8, 4) is 11.5 Å². The van der Waals surface area contributed by atoms with Crippen LogP contribution in [0.4, 0.5) is 4.79 Å². The SMILES string of the molecule is CCCN1C(=O)N=C(N)C1c1ccc(OC)c(O)c1. The van der Waals surface area contributed by atoms with E-state index in [1.165, 1.54) is 7.11 Å². The lowest BCUT2D eigenvalue weighted by molar-refractivity contribution is 0.206. The average molecular weight is 263 g/mol. The average Bonchev–Trinajstić information content (AvgIpc) is 2.65. The normalized spacial score (nSPS) is 18.6. The van der Waals surface area contributed by atoms with E-state index in [0.717, 1.165) is 12.0 Å². The fraction of sp³-hybridized carbons (Fsp3) is 0.385. The lowest BCUT2D eigenvalue weighted by atomic mass is 10.0. The minimum Gasteiger partial charge on any atom is -0.504 e. The predicted octanol–water partition coefficient (Wildman–Crippen LogP) is 1.64. The number of hydrogen-bond acceptors (Lipinski definition) is 4. The zero-order valence-corrected chi connectivity index (χ0v) is 11.0. The van der Waals surface area contributed by atoms with E-state index in [1.54, 1.807) is 23.1 Å². The van der Waals surface area contributed by atoms with Crippen molar-refractivity contribution in [1.82, 2.24) is 4.90 Å². The van der Waals surface area contributed by atoms with Crippen LogP contribution in [0, 0.1) is 0 Å². The van der Waals surface area contributed by atoms with Crippen LogP contribution >= 0.6 is 0 Å². The molecule has 0 aromatic heterocycles. The van der Waals surface area contributed by atoms with Gasteiger partial charge in [0.2, 0.25) is 0 Å². The van der Waals surface area contributed by atoms with Crippen molar-refractivity contribution in [3.05, 3.63) is 23.8 Å². The maximum atomic E-state index is 11.7. The molecule has 1 aliphatic rings. The Hall–Kier alpha value is -2.24. The summed E-state index contributed by atoms with van der Waals surface area (Å²) in [5.74, 6) is 0.650. The quantitative estimate of drug-likeness (QED) is 0.864. The first-order valence-electron chi connectivity index (χ1n) is 6.10. The first-order chi connectivity index (χ1) is 9.08. The molecule has 1 aliphatic heterocycles. The molecule has 2 amide bonds. The molecule has 0 saturated carbocycles. The predicted molar refractivity (Wildman–Crippen MR) is 71.4 cm³/mol. The van der Waals surface area contributed by atoms with Gasteiger partial charge >= 0.3 is 6.03 Å². The molecule has 3 N–H and O–H groups in total. The number of methoxy groups -OCH3 is 1. The van der Waals surface area contributed by atoms with Crippen molar-refractivity contribution in [2.75, 3.05) is 13.7 Å². The Morgan fingerprint density at radius 3 is 2.84 bits per heavy atom. The number of amides is 2. The molecule has 1 aromatic rings. The number of aliphatic imine (C=N–C) groups is 1. The Bertz CT molecular complexity index is 528. The number of hydrogen-bond donors (Lipinski definition) is 2. The van der Waals surface area contributed by atoms with Crippen LogP contribution in [0.15, 0.2) is 23.2 Å². The molecule has 0 radical (unpaired) electrons. The maximum Gasteiger partial charge on any atom is 0.346 e. The largest absolute Gasteiger partial charge is 0.504 e. The van der Waals surface area contributed by atoms with Crippen molar-refractivity contribution in [2.45, 2.75) is 19.4 Å². The molecule has 102 valence electrons. The van der Waals surface area contributed by atoms with Crippen LogP contribution in [-0.2, 0) is 0 Å². The molecule has 0 aliphatic carbocycles. The Morgan fingerprint density at radius 1 is 1.53 bits per heavy atom. The van der Waals surface area contributed by atoms with Crippen molar-refractivity contribution >= 4 is 11.9 Å². The second-order valence-corrected chi connectivity index (χ2v) is 4.35. The number of phenolic OH excluding ortho intramolecular Hbond substituents is 1. The first kappa shape index (κ1) is 13.2. The Kier molecular flexibility index (Phi) is 3.59. The van der Waals surface area contributed by atoms with Gasteiger partial charge in [-0.1, -0.05) is 13.0 Å². The number of carbonyl (C=O) groups is 1. The number of urea groups is 1. The highest BCUT2D eigenvalue weighted by atomic mass is 16.5. The summed E-state index contributed by atoms with van der Waals surface area (Å²) in [6, 6.07) is 4.22. The summed E-state index contributed by atoms with van der Waals surface area (Å²) in [4.78, 5) is 17.1. The molecule has 1 atom stereocenters. The van der Waals surface area contributed by atoms with Crippen LogP contribution in [0.25, 0.3) is 0 Å². The maximum absolute atomic E-state index is 11.7. The third kappa shape index (κ3) is 2.33. The van der Waals surface area contributed by atoms with E-state index in [4.69, 9.17) is 10.5 Å². The number of amidine groups is 1. The summed E-state index contributed by atoms with van der Waals surface area (Å²) in [5, 5.41) is 9.81. The molecule has 0 saturated heterocycles. The third-order valence-electron chi connectivity index (χ3n) is 3.05. The number of nitrogens with two attached hydrogens (primary N) is 1. The van der Waals surface area contributed by atoms with Crippen LogP contribution in [0.5, 0.6) is 11.5 Å². The standard InChI is InChI=1S/C13H17N3O3/c1-3-6-16-11(12(14)15-13(16)18)8-4-5-10(19-2)9(17)7-8/h4-5,7,11,17H,3,6H2,1-2H3,(H2,14,15,18). The van der Waals surface area contributed by atoms with Gasteiger partial charge in [0, 0.05) is 6.54 Å². The summed E-state index contributed by atoms with van der Waals surface area (Å²) in [6.07, 6.45) is 0.813. The van der Waals surface area contributed by atoms with Gasteiger partial charge in [0.15, 0.2) is 11.5 Å². The van der Waals surface area contributed by atoms with Crippen molar-refractivity contribution in [2.24, 2.45) is 10.7 Å². The Labute approximate surface area is 111 Å². The van der Waals surface area contributed by atoms with Gasteiger partial charge < -0.3 is 20.5 Å². The smallest absolute Gasteiger partial charge is 0.346 e. The lowest BCUT2D eigenvalue weighted by Gasteiger charge is -2.24. The van der Waals surface area contributed by atoms with E-state index in [2.05, 4.69) is 4.99 Å². The summed E-state index contributed by atoms with van der Waals surface area (Å²) in [5.41, 5.74) is 6.54. The van der Waals surface area contributed by atoms with Gasteiger partial charge in [-0.05, 0) is 24.1 Å². The highest BCUT2D eigenvalue weighted by molar-refractivity contribution is 6.03. The van der Waals surface area contributed by atoms with Crippen molar-refractivity contribution < 1.29 is 14.6 Å². The van der Waals surface area contributed by atoms with Gasteiger partial charge in [-0.25, -0.2) is 4.79 Å². The molecule has 6 heteroatoms. The van der Waals surface area contributed by atoms with E-state index in [0.29, 0.717) is 12.3 Å². The topological polar surface area (TPSA) is 88.2 Å². The van der Waals surface area contributed by atoms with E-state index in [1.807, 2.05) is 6.92 Å². The van der Waals surface area contributed by atoms with Crippen LogP contribution in [-0.4, -0.2) is 35.5 Å². The molecule has 6 nitrogen and oxygen atoms in total. The van der Waals surface area contributed by atoms with Crippen LogP contribution in [0.2, 0.25) is 0 Å². The number of ether oxygens (including phenoxy) is 1. The van der Waals surface area contributed by atoms with E-state index < -0.39 is 6.04 Å². The molecular formula is C13H17N3O3. The van der Waals surface area contributed by atoms with Crippen LogP contribution < -0.4 is 10.5 Å². The van der Waals surface area contributed by atoms with Gasteiger partial charge in [-0.15, -0.1) is 0 Å². The fourth-order valence-electron chi connectivity index (χ4n) is 2.20. The molecule has 1 aromatic carbocycles. The number of nitrogens with zero attached hydrogens (tertiary/aromatic N) is 2. The highest BCUT2D eigenvalue weighted by Gasteiger charge is 2.34. The lowest BCUT2D eigenvalue weighted by Crippen LogP contribution is -2.33. The summed E-state index contributed by atoms with van der Waals surface area (Å²) >= 11 is 0. The van der Waals surface area contributed by atoms with Gasteiger partial charge in [0.1, 0.15) is 11.9 Å². The zero-order valence-electron chi connectivity index (χ0n) is 11.0. The van der Waals surface area contributed by atoms with E-state index in [-0.39, 0.29) is 17.6 Å². The number of aromatic hydroxyl groups is 1. The number of carbonyl (C=O) groups excluding carboxylic acids is 1. The minimum atomic E-state index is -0.413. The molecule has 0 spiro atoms. The highest BCUT2D eigenvalue weighted by Crippen LogP contribution is 2.33. The van der Waals surface area contributed by atoms with Crippen molar-refractivity contribution in [3.63, 3.8) is 0 Å². The summed E-state index contributed by atoms with van der Waals surface area (Å²) in [7, 11) is 1.48. The Morgan fingerprint density at radius 2 is 2.26 bits per heavy atom. The first-order valence-corrected chi connectivity index (χ1v) is 6.10. The van der Waals surface area contributed by atoms with Gasteiger partial charge in [0.25, 0.3) is 0 Å².